The number of carbonyl (C=O) groups is 2. The van der Waals surface area contributed by atoms with Crippen molar-refractivity contribution in [2.45, 2.75) is 33.3 Å². The second kappa shape index (κ2) is 14.8. The van der Waals surface area contributed by atoms with Crippen LogP contribution in [-0.2, 0) is 9.53 Å². The van der Waals surface area contributed by atoms with Gasteiger partial charge < -0.3 is 20.2 Å². The number of aldehydes is 1. The van der Waals surface area contributed by atoms with Gasteiger partial charge in [-0.3, -0.25) is 0 Å². The smallest absolute Gasteiger partial charge is 0.408 e. The number of thioether (sulfide) groups is 1. The molecular formula is C17H29FN2O3S. The number of carbonyl (C=O) groups excluding carboxylic acids is 2. The highest BCUT2D eigenvalue weighted by Gasteiger charge is 2.14. The van der Waals surface area contributed by atoms with Crippen molar-refractivity contribution in [2.24, 2.45) is 0 Å². The lowest BCUT2D eigenvalue weighted by Crippen LogP contribution is -2.33. The Morgan fingerprint density at radius 3 is 2.12 bits per heavy atom. The molecule has 0 aliphatic heterocycles. The molecule has 2 N–H and O–H groups in total. The van der Waals surface area contributed by atoms with Crippen LogP contribution in [-0.4, -0.2) is 43.6 Å². The molecule has 1 rings (SSSR count). The Morgan fingerprint density at radius 2 is 1.79 bits per heavy atom. The summed E-state index contributed by atoms with van der Waals surface area (Å²) in [6.45, 7) is 7.41. The van der Waals surface area contributed by atoms with Crippen LogP contribution in [0.1, 0.15) is 27.7 Å². The van der Waals surface area contributed by atoms with Crippen LogP contribution in [0, 0.1) is 5.82 Å². The first-order valence-electron chi connectivity index (χ1n) is 7.52. The van der Waals surface area contributed by atoms with E-state index in [4.69, 9.17) is 4.74 Å². The summed E-state index contributed by atoms with van der Waals surface area (Å²) < 4.78 is 17.0. The van der Waals surface area contributed by atoms with E-state index in [1.54, 1.807) is 40.0 Å². The second-order valence-electron chi connectivity index (χ2n) is 5.38. The zero-order valence-electron chi connectivity index (χ0n) is 15.3. The van der Waals surface area contributed by atoms with Crippen molar-refractivity contribution >= 4 is 29.8 Å². The maximum atomic E-state index is 12.2. The third-order valence-electron chi connectivity index (χ3n) is 2.15. The standard InChI is InChI=1S/C7H8FN.C7H13NO3.C3H8S/c1-9-7-4-2-6(8)3-5-7;1-7(2,3)11-6(10)8-4-5-9;1-3-4-2/h2-5,9H,1H3;5H,4H2,1-3H3,(H,8,10);3H2,1-2H3. The molecule has 0 aromatic heterocycles. The van der Waals surface area contributed by atoms with Crippen molar-refractivity contribution in [3.8, 4) is 0 Å². The Balaban J connectivity index is 0. The Hall–Kier alpha value is -1.76. The van der Waals surface area contributed by atoms with E-state index in [1.807, 2.05) is 11.8 Å². The first-order valence-corrected chi connectivity index (χ1v) is 8.92. The number of alkyl carbamates (subject to hydrolysis) is 1. The Morgan fingerprint density at radius 1 is 1.29 bits per heavy atom. The molecule has 1 aromatic rings. The summed E-state index contributed by atoms with van der Waals surface area (Å²) in [5.74, 6) is 1.04. The number of hydrogen-bond acceptors (Lipinski definition) is 5. The Kier molecular flexibility index (Phi) is 15.1. The number of halogens is 1. The molecule has 0 saturated heterocycles. The van der Waals surface area contributed by atoms with E-state index in [0.717, 1.165) is 5.69 Å². The Labute approximate surface area is 148 Å². The van der Waals surface area contributed by atoms with Crippen LogP contribution in [0.5, 0.6) is 0 Å². The number of anilines is 1. The van der Waals surface area contributed by atoms with Crippen LogP contribution in [0.15, 0.2) is 24.3 Å². The van der Waals surface area contributed by atoms with E-state index in [0.29, 0.717) is 6.29 Å². The molecule has 0 aliphatic carbocycles. The fraction of sp³-hybridized carbons (Fsp3) is 0.529. The molecular weight excluding hydrogens is 331 g/mol. The van der Waals surface area contributed by atoms with Crippen molar-refractivity contribution in [2.75, 3.05) is 30.9 Å². The topological polar surface area (TPSA) is 67.4 Å². The van der Waals surface area contributed by atoms with Gasteiger partial charge in [0, 0.05) is 12.7 Å². The van der Waals surface area contributed by atoms with Gasteiger partial charge in [0.2, 0.25) is 0 Å². The zero-order chi connectivity index (χ0) is 19.0. The molecule has 1 aromatic carbocycles. The fourth-order valence-corrected chi connectivity index (χ4v) is 1.06. The molecule has 0 aliphatic rings. The minimum Gasteiger partial charge on any atom is -0.444 e. The van der Waals surface area contributed by atoms with Gasteiger partial charge in [-0.05, 0) is 57.0 Å². The molecule has 0 radical (unpaired) electrons. The molecule has 0 saturated carbocycles. The molecule has 0 heterocycles. The highest BCUT2D eigenvalue weighted by molar-refractivity contribution is 7.98. The normalized spacial score (nSPS) is 9.46. The van der Waals surface area contributed by atoms with Gasteiger partial charge >= 0.3 is 6.09 Å². The average molecular weight is 360 g/mol. The first-order chi connectivity index (χ1) is 11.2. The van der Waals surface area contributed by atoms with E-state index in [-0.39, 0.29) is 12.4 Å². The minimum atomic E-state index is -0.565. The lowest BCUT2D eigenvalue weighted by Gasteiger charge is -2.18. The SMILES string of the molecule is CC(C)(C)OC(=O)NCC=O.CCSC.CNc1ccc(F)cc1. The van der Waals surface area contributed by atoms with Gasteiger partial charge in [-0.15, -0.1) is 0 Å². The van der Waals surface area contributed by atoms with E-state index in [2.05, 4.69) is 23.8 Å². The maximum absolute atomic E-state index is 12.2. The summed E-state index contributed by atoms with van der Waals surface area (Å²) in [7, 11) is 1.80. The third kappa shape index (κ3) is 18.3. The third-order valence-corrected chi connectivity index (χ3v) is 2.73. The molecule has 0 spiro atoms. The summed E-state index contributed by atoms with van der Waals surface area (Å²) in [5, 5.41) is 5.15. The van der Waals surface area contributed by atoms with E-state index in [9.17, 15) is 14.0 Å². The van der Waals surface area contributed by atoms with Crippen LogP contribution in [0.2, 0.25) is 0 Å². The van der Waals surface area contributed by atoms with Gasteiger partial charge in [0.25, 0.3) is 0 Å². The molecule has 0 bridgehead atoms. The quantitative estimate of drug-likeness (QED) is 0.796. The van der Waals surface area contributed by atoms with Gasteiger partial charge in [0.1, 0.15) is 17.7 Å². The number of rotatable bonds is 4. The predicted octanol–water partition coefficient (Wildman–Crippen LogP) is 3.95. The highest BCUT2D eigenvalue weighted by atomic mass is 32.2. The first kappa shape index (κ1) is 24.5. The Bertz CT molecular complexity index is 446. The number of hydrogen-bond donors (Lipinski definition) is 2. The lowest BCUT2D eigenvalue weighted by molar-refractivity contribution is -0.107. The number of nitrogens with one attached hydrogen (secondary N) is 2. The summed E-state index contributed by atoms with van der Waals surface area (Å²) in [6, 6.07) is 6.22. The zero-order valence-corrected chi connectivity index (χ0v) is 16.1. The predicted molar refractivity (Wildman–Crippen MR) is 100 cm³/mol. The van der Waals surface area contributed by atoms with Gasteiger partial charge in [-0.1, -0.05) is 6.92 Å². The van der Waals surface area contributed by atoms with Gasteiger partial charge in [0.05, 0.1) is 6.54 Å². The molecule has 24 heavy (non-hydrogen) atoms. The molecule has 138 valence electrons. The minimum absolute atomic E-state index is 0.00505. The van der Waals surface area contributed by atoms with Crippen molar-refractivity contribution < 1.29 is 18.7 Å². The molecule has 5 nitrogen and oxygen atoms in total. The monoisotopic (exact) mass is 360 g/mol. The van der Waals surface area contributed by atoms with Crippen molar-refractivity contribution in [3.05, 3.63) is 30.1 Å². The summed E-state index contributed by atoms with van der Waals surface area (Å²) in [5.41, 5.74) is 0.420. The molecule has 7 heteroatoms. The molecule has 0 unspecified atom stereocenters. The van der Waals surface area contributed by atoms with Crippen LogP contribution in [0.3, 0.4) is 0 Å². The van der Waals surface area contributed by atoms with Crippen LogP contribution < -0.4 is 10.6 Å². The summed E-state index contributed by atoms with van der Waals surface area (Å²) in [6.07, 6.45) is 2.13. The number of ether oxygens (including phenoxy) is 1. The maximum Gasteiger partial charge on any atom is 0.408 e. The molecule has 0 fully saturated rings. The highest BCUT2D eigenvalue weighted by Crippen LogP contribution is 2.06. The van der Waals surface area contributed by atoms with Gasteiger partial charge in [-0.25, -0.2) is 9.18 Å². The van der Waals surface area contributed by atoms with E-state index < -0.39 is 11.7 Å². The summed E-state index contributed by atoms with van der Waals surface area (Å²) in [4.78, 5) is 20.5. The van der Waals surface area contributed by atoms with E-state index in [1.165, 1.54) is 17.9 Å². The lowest BCUT2D eigenvalue weighted by atomic mass is 10.2. The van der Waals surface area contributed by atoms with Crippen molar-refractivity contribution in [3.63, 3.8) is 0 Å². The van der Waals surface area contributed by atoms with Crippen molar-refractivity contribution in [1.82, 2.24) is 5.32 Å². The van der Waals surface area contributed by atoms with Crippen LogP contribution >= 0.6 is 11.8 Å². The second-order valence-corrected chi connectivity index (χ2v) is 6.54. The van der Waals surface area contributed by atoms with Gasteiger partial charge in [-0.2, -0.15) is 11.8 Å². The molecule has 1 amide bonds. The number of amides is 1. The molecule has 0 atom stereocenters. The summed E-state index contributed by atoms with van der Waals surface area (Å²) >= 11 is 1.86. The van der Waals surface area contributed by atoms with Crippen molar-refractivity contribution in [1.29, 1.82) is 0 Å². The fourth-order valence-electron chi connectivity index (χ4n) is 1.06. The van der Waals surface area contributed by atoms with Crippen LogP contribution in [0.25, 0.3) is 0 Å². The van der Waals surface area contributed by atoms with Gasteiger partial charge in [0.15, 0.2) is 0 Å². The largest absolute Gasteiger partial charge is 0.444 e. The average Bonchev–Trinajstić information content (AvgIpc) is 2.53. The number of benzene rings is 1. The van der Waals surface area contributed by atoms with E-state index >= 15 is 0 Å². The van der Waals surface area contributed by atoms with Crippen LogP contribution in [0.4, 0.5) is 14.9 Å².